The van der Waals surface area contributed by atoms with Gasteiger partial charge in [-0.25, -0.2) is 4.68 Å². The molecule has 0 saturated carbocycles. The molecule has 0 unspecified atom stereocenters. The molecule has 1 heterocycles. The van der Waals surface area contributed by atoms with Gasteiger partial charge in [-0.15, -0.1) is 5.10 Å². The quantitative estimate of drug-likeness (QED) is 0.719. The van der Waals surface area contributed by atoms with Crippen LogP contribution in [0.3, 0.4) is 0 Å². The number of nitrogen functional groups attached to an aromatic ring is 2. The average molecular weight is 234 g/mol. The average Bonchev–Trinajstić information content (AvgIpc) is 2.64. The van der Waals surface area contributed by atoms with Crippen LogP contribution in [0, 0.1) is 0 Å². The fourth-order valence-corrected chi connectivity index (χ4v) is 1.56. The predicted molar refractivity (Wildman–Crippen MR) is 64.9 cm³/mol. The van der Waals surface area contributed by atoms with Gasteiger partial charge in [0.05, 0.1) is 25.0 Å². The highest BCUT2D eigenvalue weighted by Crippen LogP contribution is 2.23. The van der Waals surface area contributed by atoms with Crippen LogP contribution < -0.4 is 16.2 Å². The van der Waals surface area contributed by atoms with Crippen molar-refractivity contribution in [2.45, 2.75) is 6.61 Å². The lowest BCUT2D eigenvalue weighted by molar-refractivity contribution is 0.283. The van der Waals surface area contributed by atoms with Gasteiger partial charge in [0.15, 0.2) is 5.82 Å². The lowest BCUT2D eigenvalue weighted by atomic mass is 10.3. The molecule has 0 saturated heterocycles. The van der Waals surface area contributed by atoms with Gasteiger partial charge in [-0.2, -0.15) is 0 Å². The molecule has 2 rings (SSSR count). The van der Waals surface area contributed by atoms with Gasteiger partial charge in [0.1, 0.15) is 11.6 Å². The van der Waals surface area contributed by atoms with E-state index in [0.717, 1.165) is 11.4 Å². The largest absolute Gasteiger partial charge is 0.497 e. The first-order chi connectivity index (χ1) is 8.17. The van der Waals surface area contributed by atoms with Gasteiger partial charge in [-0.3, -0.25) is 0 Å². The maximum absolute atomic E-state index is 9.11. The summed E-state index contributed by atoms with van der Waals surface area (Å²) in [6.45, 7) is -0.228. The van der Waals surface area contributed by atoms with Gasteiger partial charge < -0.3 is 21.3 Å². The number of anilines is 2. The van der Waals surface area contributed by atoms with Crippen LogP contribution in [0.2, 0.25) is 0 Å². The number of aliphatic hydroxyl groups excluding tert-OH is 1. The molecule has 0 fully saturated rings. The SMILES string of the molecule is COc1ccc(-n2nc(N)c(CO)c2N)cc1. The summed E-state index contributed by atoms with van der Waals surface area (Å²) in [5, 5.41) is 13.2. The molecule has 5 N–H and O–H groups in total. The van der Waals surface area contributed by atoms with Crippen LogP contribution in [-0.4, -0.2) is 22.0 Å². The van der Waals surface area contributed by atoms with Crippen molar-refractivity contribution in [3.63, 3.8) is 0 Å². The summed E-state index contributed by atoms with van der Waals surface area (Å²) in [6.07, 6.45) is 0. The first kappa shape index (κ1) is 11.3. The van der Waals surface area contributed by atoms with Gasteiger partial charge in [-0.1, -0.05) is 0 Å². The predicted octanol–water partition coefficient (Wildman–Crippen LogP) is 0.538. The molecule has 90 valence electrons. The van der Waals surface area contributed by atoms with Gasteiger partial charge >= 0.3 is 0 Å². The van der Waals surface area contributed by atoms with E-state index >= 15 is 0 Å². The Balaban J connectivity index is 2.45. The lowest BCUT2D eigenvalue weighted by Crippen LogP contribution is -2.03. The van der Waals surface area contributed by atoms with Crippen LogP contribution in [0.5, 0.6) is 5.75 Å². The Kier molecular flexibility index (Phi) is 2.88. The fourth-order valence-electron chi connectivity index (χ4n) is 1.56. The highest BCUT2D eigenvalue weighted by molar-refractivity contribution is 5.57. The number of hydrogen-bond acceptors (Lipinski definition) is 5. The monoisotopic (exact) mass is 234 g/mol. The number of nitrogens with two attached hydrogens (primary N) is 2. The van der Waals surface area contributed by atoms with Crippen molar-refractivity contribution >= 4 is 11.6 Å². The van der Waals surface area contributed by atoms with Crippen LogP contribution >= 0.6 is 0 Å². The Bertz CT molecular complexity index is 519. The summed E-state index contributed by atoms with van der Waals surface area (Å²) in [5.74, 6) is 1.32. The van der Waals surface area contributed by atoms with E-state index in [1.165, 1.54) is 4.68 Å². The molecule has 17 heavy (non-hydrogen) atoms. The molecule has 0 atom stereocenters. The first-order valence-electron chi connectivity index (χ1n) is 5.05. The molecule has 0 aliphatic heterocycles. The van der Waals surface area contributed by atoms with E-state index in [1.807, 2.05) is 12.1 Å². The molecule has 0 spiro atoms. The summed E-state index contributed by atoms with van der Waals surface area (Å²) >= 11 is 0. The van der Waals surface area contributed by atoms with E-state index in [2.05, 4.69) is 5.10 Å². The molecule has 0 bridgehead atoms. The minimum absolute atomic E-state index is 0.228. The second-order valence-corrected chi connectivity index (χ2v) is 3.52. The van der Waals surface area contributed by atoms with Gasteiger partial charge in [0.25, 0.3) is 0 Å². The van der Waals surface area contributed by atoms with E-state index in [0.29, 0.717) is 11.4 Å². The summed E-state index contributed by atoms with van der Waals surface area (Å²) in [5.41, 5.74) is 12.7. The molecular weight excluding hydrogens is 220 g/mol. The van der Waals surface area contributed by atoms with Crippen molar-refractivity contribution in [2.24, 2.45) is 0 Å². The number of rotatable bonds is 3. The van der Waals surface area contributed by atoms with Gasteiger partial charge in [0, 0.05) is 0 Å². The van der Waals surface area contributed by atoms with Crippen LogP contribution in [0.4, 0.5) is 11.6 Å². The highest BCUT2D eigenvalue weighted by Gasteiger charge is 2.13. The first-order valence-corrected chi connectivity index (χ1v) is 5.05. The summed E-state index contributed by atoms with van der Waals surface area (Å²) in [7, 11) is 1.60. The Morgan fingerprint density at radius 1 is 1.29 bits per heavy atom. The summed E-state index contributed by atoms with van der Waals surface area (Å²) in [6, 6.07) is 7.21. The van der Waals surface area contributed by atoms with E-state index in [4.69, 9.17) is 21.3 Å². The molecule has 0 amide bonds. The Hall–Kier alpha value is -2.21. The zero-order chi connectivity index (χ0) is 12.4. The van der Waals surface area contributed by atoms with Crippen molar-refractivity contribution in [2.75, 3.05) is 18.6 Å². The maximum atomic E-state index is 9.11. The molecule has 6 nitrogen and oxygen atoms in total. The van der Waals surface area contributed by atoms with E-state index < -0.39 is 0 Å². The Morgan fingerprint density at radius 2 is 1.94 bits per heavy atom. The standard InChI is InChI=1S/C11H14N4O2/c1-17-8-4-2-7(3-5-8)15-11(13)9(6-16)10(12)14-15/h2-5,16H,6,13H2,1H3,(H2,12,14). The number of aliphatic hydroxyl groups is 1. The minimum atomic E-state index is -0.228. The molecule has 2 aromatic rings. The van der Waals surface area contributed by atoms with Crippen LogP contribution in [0.15, 0.2) is 24.3 Å². The lowest BCUT2D eigenvalue weighted by Gasteiger charge is -2.05. The zero-order valence-corrected chi connectivity index (χ0v) is 9.42. The maximum Gasteiger partial charge on any atom is 0.153 e. The third-order valence-electron chi connectivity index (χ3n) is 2.53. The van der Waals surface area contributed by atoms with E-state index in [1.54, 1.807) is 19.2 Å². The van der Waals surface area contributed by atoms with Crippen LogP contribution in [0.1, 0.15) is 5.56 Å². The van der Waals surface area contributed by atoms with Crippen molar-refractivity contribution in [1.82, 2.24) is 9.78 Å². The molecular formula is C11H14N4O2. The Labute approximate surface area is 98.4 Å². The zero-order valence-electron chi connectivity index (χ0n) is 9.42. The smallest absolute Gasteiger partial charge is 0.153 e. The highest BCUT2D eigenvalue weighted by atomic mass is 16.5. The van der Waals surface area contributed by atoms with Gasteiger partial charge in [-0.05, 0) is 24.3 Å². The molecule has 1 aromatic carbocycles. The number of aromatic nitrogens is 2. The van der Waals surface area contributed by atoms with Crippen molar-refractivity contribution in [3.05, 3.63) is 29.8 Å². The third kappa shape index (κ3) is 1.90. The topological polar surface area (TPSA) is 99.3 Å². The summed E-state index contributed by atoms with van der Waals surface area (Å²) < 4.78 is 6.55. The molecule has 0 aliphatic carbocycles. The number of ether oxygens (including phenoxy) is 1. The third-order valence-corrected chi connectivity index (χ3v) is 2.53. The van der Waals surface area contributed by atoms with E-state index in [9.17, 15) is 0 Å². The number of benzene rings is 1. The van der Waals surface area contributed by atoms with Crippen molar-refractivity contribution in [3.8, 4) is 11.4 Å². The second-order valence-electron chi connectivity index (χ2n) is 3.52. The summed E-state index contributed by atoms with van der Waals surface area (Å²) in [4.78, 5) is 0. The van der Waals surface area contributed by atoms with Crippen molar-refractivity contribution in [1.29, 1.82) is 0 Å². The number of nitrogens with zero attached hydrogens (tertiary/aromatic N) is 2. The Morgan fingerprint density at radius 3 is 2.41 bits per heavy atom. The molecule has 6 heteroatoms. The minimum Gasteiger partial charge on any atom is -0.497 e. The molecule has 0 aliphatic rings. The fraction of sp³-hybridized carbons (Fsp3) is 0.182. The van der Waals surface area contributed by atoms with Crippen LogP contribution in [0.25, 0.3) is 5.69 Å². The van der Waals surface area contributed by atoms with Crippen LogP contribution in [-0.2, 0) is 6.61 Å². The molecule has 1 aromatic heterocycles. The molecule has 0 radical (unpaired) electrons. The number of methoxy groups -OCH3 is 1. The normalized spacial score (nSPS) is 10.5. The van der Waals surface area contributed by atoms with Gasteiger partial charge in [0.2, 0.25) is 0 Å². The number of hydrogen-bond donors (Lipinski definition) is 3. The van der Waals surface area contributed by atoms with Crippen molar-refractivity contribution < 1.29 is 9.84 Å². The second kappa shape index (κ2) is 4.34. The van der Waals surface area contributed by atoms with E-state index in [-0.39, 0.29) is 12.4 Å².